The maximum Gasteiger partial charge on any atom is 0.306 e. The predicted molar refractivity (Wildman–Crippen MR) is 151 cm³/mol. The molecule has 0 bridgehead atoms. The van der Waals surface area contributed by atoms with E-state index in [9.17, 15) is 9.59 Å². The van der Waals surface area contributed by atoms with Gasteiger partial charge in [-0.05, 0) is 12.8 Å². The lowest BCUT2D eigenvalue weighted by molar-refractivity contribution is -0.144. The van der Waals surface area contributed by atoms with E-state index in [4.69, 9.17) is 4.74 Å². The zero-order valence-electron chi connectivity index (χ0n) is 23.0. The lowest BCUT2D eigenvalue weighted by atomic mass is 10.1. The van der Waals surface area contributed by atoms with Gasteiger partial charge in [0.1, 0.15) is 0 Å². The molecule has 0 saturated heterocycles. The second-order valence-electron chi connectivity index (χ2n) is 10.0. The third-order valence-electron chi connectivity index (χ3n) is 6.56. The van der Waals surface area contributed by atoms with Gasteiger partial charge in [-0.3, -0.25) is 9.59 Å². The van der Waals surface area contributed by atoms with E-state index in [1.807, 2.05) is 0 Å². The number of ether oxygens (including phenoxy) is 1. The molecule has 0 amide bonds. The smallest absolute Gasteiger partial charge is 0.306 e. The molecule has 0 aliphatic rings. The minimum absolute atomic E-state index is 0.138. The summed E-state index contributed by atoms with van der Waals surface area (Å²) < 4.78 is 5.29. The fourth-order valence-electron chi connectivity index (χ4n) is 4.25. The van der Waals surface area contributed by atoms with E-state index in [1.165, 1.54) is 134 Å². The van der Waals surface area contributed by atoms with Gasteiger partial charge < -0.3 is 4.74 Å². The van der Waals surface area contributed by atoms with Crippen molar-refractivity contribution in [2.75, 3.05) is 12.4 Å². The van der Waals surface area contributed by atoms with Crippen molar-refractivity contribution in [1.29, 1.82) is 0 Å². The van der Waals surface area contributed by atoms with E-state index in [2.05, 4.69) is 13.8 Å². The van der Waals surface area contributed by atoms with Gasteiger partial charge in [0.15, 0.2) is 5.12 Å². The number of esters is 1. The molecule has 0 aromatic rings. The molecule has 0 heterocycles. The zero-order chi connectivity index (χ0) is 25.0. The lowest BCUT2D eigenvalue weighted by Gasteiger charge is -2.05. The maximum absolute atomic E-state index is 12.0. The Hall–Kier alpha value is -0.510. The first-order valence-electron chi connectivity index (χ1n) is 15.0. The summed E-state index contributed by atoms with van der Waals surface area (Å²) in [5.74, 6) is 0.680. The molecule has 0 atom stereocenters. The van der Waals surface area contributed by atoms with Crippen molar-refractivity contribution in [3.05, 3.63) is 0 Å². The van der Waals surface area contributed by atoms with Crippen LogP contribution in [0.3, 0.4) is 0 Å². The highest BCUT2D eigenvalue weighted by Crippen LogP contribution is 2.15. The molecule has 0 N–H and O–H groups in total. The summed E-state index contributed by atoms with van der Waals surface area (Å²) in [6, 6.07) is 0. The van der Waals surface area contributed by atoms with Gasteiger partial charge in [-0.2, -0.15) is 0 Å². The van der Waals surface area contributed by atoms with E-state index in [1.54, 1.807) is 0 Å². The highest BCUT2D eigenvalue weighted by atomic mass is 32.2. The Labute approximate surface area is 217 Å². The summed E-state index contributed by atoms with van der Waals surface area (Å²) >= 11 is 1.40. The van der Waals surface area contributed by atoms with Gasteiger partial charge in [0.25, 0.3) is 0 Å². The van der Waals surface area contributed by atoms with Crippen molar-refractivity contribution in [3.8, 4) is 0 Å². The van der Waals surface area contributed by atoms with Crippen LogP contribution in [0.1, 0.15) is 168 Å². The summed E-state index contributed by atoms with van der Waals surface area (Å²) in [4.78, 5) is 23.8. The van der Waals surface area contributed by atoms with Crippen LogP contribution in [0, 0.1) is 0 Å². The van der Waals surface area contributed by atoms with E-state index < -0.39 is 0 Å². The number of hydrogen-bond donors (Lipinski definition) is 0. The number of rotatable bonds is 27. The Kier molecular flexibility index (Phi) is 28.3. The van der Waals surface area contributed by atoms with Crippen LogP contribution in [0.4, 0.5) is 0 Å². The van der Waals surface area contributed by atoms with Crippen LogP contribution in [0.2, 0.25) is 0 Å². The molecule has 0 rings (SSSR count). The molecular weight excluding hydrogens is 440 g/mol. The van der Waals surface area contributed by atoms with E-state index in [0.717, 1.165) is 25.0 Å². The first-order valence-corrected chi connectivity index (χ1v) is 16.0. The summed E-state index contributed by atoms with van der Waals surface area (Å²) in [5, 5.41) is 0.138. The average molecular weight is 499 g/mol. The fraction of sp³-hybridized carbons (Fsp3) is 0.933. The summed E-state index contributed by atoms with van der Waals surface area (Å²) in [6.45, 7) is 5.04. The molecule has 202 valence electrons. The monoisotopic (exact) mass is 498 g/mol. The zero-order valence-corrected chi connectivity index (χ0v) is 23.8. The van der Waals surface area contributed by atoms with Crippen LogP contribution in [0.15, 0.2) is 0 Å². The first-order chi connectivity index (χ1) is 16.7. The molecule has 0 aliphatic heterocycles. The van der Waals surface area contributed by atoms with Crippen molar-refractivity contribution in [2.45, 2.75) is 168 Å². The Morgan fingerprint density at radius 2 is 0.882 bits per heavy atom. The van der Waals surface area contributed by atoms with E-state index in [-0.39, 0.29) is 17.5 Å². The molecule has 0 radical (unpaired) electrons. The van der Waals surface area contributed by atoms with Crippen LogP contribution in [0.25, 0.3) is 0 Å². The first kappa shape index (κ1) is 33.5. The largest absolute Gasteiger partial charge is 0.466 e. The molecule has 0 aromatic heterocycles. The van der Waals surface area contributed by atoms with Crippen molar-refractivity contribution < 1.29 is 14.3 Å². The number of thioether (sulfide) groups is 1. The molecule has 0 fully saturated rings. The Morgan fingerprint density at radius 3 is 1.32 bits per heavy atom. The molecule has 34 heavy (non-hydrogen) atoms. The van der Waals surface area contributed by atoms with Crippen LogP contribution in [-0.4, -0.2) is 23.4 Å². The van der Waals surface area contributed by atoms with Crippen LogP contribution in [0.5, 0.6) is 0 Å². The summed E-state index contributed by atoms with van der Waals surface area (Å²) in [7, 11) is 0. The summed E-state index contributed by atoms with van der Waals surface area (Å²) in [5.41, 5.74) is 0. The van der Waals surface area contributed by atoms with Gasteiger partial charge >= 0.3 is 5.97 Å². The maximum atomic E-state index is 12.0. The normalized spacial score (nSPS) is 11.1. The van der Waals surface area contributed by atoms with Crippen molar-refractivity contribution >= 4 is 22.8 Å². The van der Waals surface area contributed by atoms with Gasteiger partial charge in [0.05, 0.1) is 13.0 Å². The van der Waals surface area contributed by atoms with Gasteiger partial charge in [-0.15, -0.1) is 0 Å². The SMILES string of the molecule is CCCCCCCCCCCCCOC(=O)CCC(=O)SCCCCCCCCCCCCC. The highest BCUT2D eigenvalue weighted by molar-refractivity contribution is 8.13. The average Bonchev–Trinajstić information content (AvgIpc) is 2.84. The number of carbonyl (C=O) groups is 2. The minimum atomic E-state index is -0.212. The number of unbranched alkanes of at least 4 members (excludes halogenated alkanes) is 20. The van der Waals surface area contributed by atoms with Gasteiger partial charge in [0.2, 0.25) is 0 Å². The molecule has 4 heteroatoms. The topological polar surface area (TPSA) is 43.4 Å². The van der Waals surface area contributed by atoms with Gasteiger partial charge in [-0.1, -0.05) is 154 Å². The van der Waals surface area contributed by atoms with Crippen LogP contribution >= 0.6 is 11.8 Å². The second-order valence-corrected chi connectivity index (χ2v) is 11.2. The Balaban J connectivity index is 3.29. The Bertz CT molecular complexity index is 399. The van der Waals surface area contributed by atoms with Crippen molar-refractivity contribution in [3.63, 3.8) is 0 Å². The van der Waals surface area contributed by atoms with Gasteiger partial charge in [0, 0.05) is 12.2 Å². The fourth-order valence-corrected chi connectivity index (χ4v) is 5.08. The molecule has 0 spiro atoms. The van der Waals surface area contributed by atoms with Gasteiger partial charge in [-0.25, -0.2) is 0 Å². The van der Waals surface area contributed by atoms with Crippen LogP contribution in [-0.2, 0) is 14.3 Å². The second kappa shape index (κ2) is 28.7. The van der Waals surface area contributed by atoms with E-state index >= 15 is 0 Å². The van der Waals surface area contributed by atoms with Crippen molar-refractivity contribution in [2.24, 2.45) is 0 Å². The third-order valence-corrected chi connectivity index (χ3v) is 7.57. The lowest BCUT2D eigenvalue weighted by Crippen LogP contribution is -2.08. The number of carbonyl (C=O) groups excluding carboxylic acids is 2. The molecule has 0 unspecified atom stereocenters. The third kappa shape index (κ3) is 27.7. The molecule has 0 aromatic carbocycles. The highest BCUT2D eigenvalue weighted by Gasteiger charge is 2.08. The predicted octanol–water partition coefficient (Wildman–Crippen LogP) is 10.2. The molecule has 0 aliphatic carbocycles. The van der Waals surface area contributed by atoms with Crippen molar-refractivity contribution in [1.82, 2.24) is 0 Å². The summed E-state index contributed by atoms with van der Waals surface area (Å²) in [6.07, 6.45) is 29.3. The molecule has 3 nitrogen and oxygen atoms in total. The standard InChI is InChI=1S/C30H58O3S/c1-3-5-7-9-11-13-15-17-19-21-23-27-33-29(31)25-26-30(32)34-28-24-22-20-18-16-14-12-10-8-6-4-2/h3-28H2,1-2H3. The van der Waals surface area contributed by atoms with Crippen LogP contribution < -0.4 is 0 Å². The molecule has 0 saturated carbocycles. The minimum Gasteiger partial charge on any atom is -0.466 e. The molecular formula is C30H58O3S. The Morgan fingerprint density at radius 1 is 0.500 bits per heavy atom. The number of hydrogen-bond acceptors (Lipinski definition) is 4. The quantitative estimate of drug-likeness (QED) is 0.0834. The van der Waals surface area contributed by atoms with E-state index in [0.29, 0.717) is 13.0 Å².